The van der Waals surface area contributed by atoms with Crippen molar-refractivity contribution >= 4 is 21.6 Å². The number of nitrogens with zero attached hydrogens (tertiary/aromatic N) is 2. The molecule has 0 saturated carbocycles. The van der Waals surface area contributed by atoms with Gasteiger partial charge in [-0.05, 0) is 37.1 Å². The van der Waals surface area contributed by atoms with Gasteiger partial charge in [-0.2, -0.15) is 0 Å². The van der Waals surface area contributed by atoms with E-state index in [1.165, 1.54) is 20.3 Å². The Morgan fingerprint density at radius 2 is 1.37 bits per heavy atom. The van der Waals surface area contributed by atoms with Crippen molar-refractivity contribution in [3.63, 3.8) is 0 Å². The molecule has 0 aromatic heterocycles. The topological polar surface area (TPSA) is 62.1 Å². The first-order chi connectivity index (χ1) is 16.7. The second-order valence-electron chi connectivity index (χ2n) is 9.41. The number of carbonyl (C=O) groups is 1. The zero-order valence-corrected chi connectivity index (χ0v) is 21.5. The molecule has 184 valence electrons. The molecule has 1 saturated heterocycles. The van der Waals surface area contributed by atoms with Gasteiger partial charge in [0, 0.05) is 11.1 Å². The first-order valence-electron chi connectivity index (χ1n) is 12.0. The summed E-state index contributed by atoms with van der Waals surface area (Å²) in [4.78, 5) is 16.4. The van der Waals surface area contributed by atoms with E-state index in [4.69, 9.17) is 0 Å². The van der Waals surface area contributed by atoms with Crippen molar-refractivity contribution in [1.29, 1.82) is 0 Å². The van der Waals surface area contributed by atoms with Crippen LogP contribution in [0.2, 0.25) is 0 Å². The van der Waals surface area contributed by atoms with Crippen molar-refractivity contribution < 1.29 is 18.1 Å². The molecule has 1 amide bonds. The van der Waals surface area contributed by atoms with Gasteiger partial charge in [0.05, 0.1) is 38.1 Å². The minimum absolute atomic E-state index is 0.162. The molecule has 1 N–H and O–H groups in total. The molecule has 1 fully saturated rings. The number of rotatable bonds is 7. The van der Waals surface area contributed by atoms with Gasteiger partial charge in [0.25, 0.3) is 0 Å². The number of amides is 1. The van der Waals surface area contributed by atoms with Gasteiger partial charge in [0.15, 0.2) is 0 Å². The third-order valence-electron chi connectivity index (χ3n) is 6.61. The molecule has 0 unspecified atom stereocenters. The number of anilines is 1. The largest absolute Gasteiger partial charge is 0.330 e. The maximum Gasteiger partial charge on any atom is 0.243 e. The van der Waals surface area contributed by atoms with Crippen LogP contribution in [0.3, 0.4) is 0 Å². The fourth-order valence-electron chi connectivity index (χ4n) is 5.00. The first kappa shape index (κ1) is 24.9. The van der Waals surface area contributed by atoms with Crippen LogP contribution in [0.25, 0.3) is 0 Å². The zero-order valence-electron chi connectivity index (χ0n) is 20.6. The maximum atomic E-state index is 13.2. The zero-order chi connectivity index (χ0) is 25.0. The van der Waals surface area contributed by atoms with Crippen LogP contribution in [0.5, 0.6) is 0 Å². The van der Waals surface area contributed by atoms with Gasteiger partial charge >= 0.3 is 0 Å². The Morgan fingerprint density at radius 1 is 0.886 bits per heavy atom. The average Bonchev–Trinajstić information content (AvgIpc) is 2.83. The van der Waals surface area contributed by atoms with Crippen molar-refractivity contribution in [3.05, 3.63) is 101 Å². The Hall–Kier alpha value is -3.16. The number of nitrogens with one attached hydrogen (secondary N) is 1. The Labute approximate surface area is 208 Å². The smallest absolute Gasteiger partial charge is 0.243 e. The van der Waals surface area contributed by atoms with Crippen LogP contribution in [0.15, 0.2) is 78.9 Å². The lowest BCUT2D eigenvalue weighted by molar-refractivity contribution is -0.929. The highest BCUT2D eigenvalue weighted by molar-refractivity contribution is 7.92. The predicted octanol–water partition coefficient (Wildman–Crippen LogP) is 2.59. The van der Waals surface area contributed by atoms with Crippen LogP contribution >= 0.6 is 0 Å². The van der Waals surface area contributed by atoms with Crippen molar-refractivity contribution in [2.24, 2.45) is 0 Å². The van der Waals surface area contributed by atoms with Gasteiger partial charge in [-0.3, -0.25) is 9.10 Å². The molecule has 1 aliphatic rings. The number of quaternary nitrogens is 1. The Kier molecular flexibility index (Phi) is 7.57. The average molecular weight is 493 g/mol. The standard InChI is InChI=1S/C28H33N3O3S/c1-22-18-23(2)20-26(19-22)31(35(3,33)34)21-27(32)29-14-16-30(17-15-29)28(24-10-6-4-7-11-24)25-12-8-5-9-13-25/h4-13,18-20,28H,14-17,21H2,1-3H3/p+1. The number of carbonyl (C=O) groups excluding carboxylic acids is 1. The van der Waals surface area contributed by atoms with Gasteiger partial charge in [0.2, 0.25) is 15.9 Å². The number of sulfonamides is 1. The van der Waals surface area contributed by atoms with Gasteiger partial charge in [-0.1, -0.05) is 66.7 Å². The van der Waals surface area contributed by atoms with Crippen molar-refractivity contribution in [3.8, 4) is 0 Å². The molecule has 0 radical (unpaired) electrons. The molecular weight excluding hydrogens is 458 g/mol. The van der Waals surface area contributed by atoms with E-state index in [9.17, 15) is 13.2 Å². The highest BCUT2D eigenvalue weighted by Gasteiger charge is 2.32. The van der Waals surface area contributed by atoms with E-state index in [0.29, 0.717) is 18.8 Å². The van der Waals surface area contributed by atoms with E-state index in [0.717, 1.165) is 30.5 Å². The summed E-state index contributed by atoms with van der Waals surface area (Å²) in [6.45, 7) is 6.44. The van der Waals surface area contributed by atoms with Gasteiger partial charge in [-0.25, -0.2) is 8.42 Å². The number of benzene rings is 3. The Bertz CT molecular complexity index is 1200. The van der Waals surface area contributed by atoms with Crippen LogP contribution in [-0.2, 0) is 14.8 Å². The molecule has 0 atom stereocenters. The van der Waals surface area contributed by atoms with E-state index < -0.39 is 10.0 Å². The monoisotopic (exact) mass is 492 g/mol. The van der Waals surface area contributed by atoms with Crippen LogP contribution in [-0.4, -0.2) is 58.2 Å². The van der Waals surface area contributed by atoms with Gasteiger partial charge in [0.1, 0.15) is 12.6 Å². The predicted molar refractivity (Wildman–Crippen MR) is 140 cm³/mol. The highest BCUT2D eigenvalue weighted by Crippen LogP contribution is 2.22. The lowest BCUT2D eigenvalue weighted by atomic mass is 9.96. The molecule has 4 rings (SSSR count). The summed E-state index contributed by atoms with van der Waals surface area (Å²) in [6, 6.07) is 26.8. The summed E-state index contributed by atoms with van der Waals surface area (Å²) in [6.07, 6.45) is 1.16. The second kappa shape index (κ2) is 10.6. The Balaban J connectivity index is 1.48. The molecule has 7 heteroatoms. The molecule has 3 aromatic carbocycles. The quantitative estimate of drug-likeness (QED) is 0.552. The van der Waals surface area contributed by atoms with Gasteiger partial charge < -0.3 is 9.80 Å². The van der Waals surface area contributed by atoms with Crippen LogP contribution in [0.4, 0.5) is 5.69 Å². The van der Waals surface area contributed by atoms with Crippen LogP contribution in [0.1, 0.15) is 28.3 Å². The summed E-state index contributed by atoms with van der Waals surface area (Å²) < 4.78 is 26.4. The van der Waals surface area contributed by atoms with E-state index in [-0.39, 0.29) is 18.5 Å². The van der Waals surface area contributed by atoms with Crippen LogP contribution in [0, 0.1) is 13.8 Å². The molecule has 6 nitrogen and oxygen atoms in total. The molecule has 0 bridgehead atoms. The SMILES string of the molecule is Cc1cc(C)cc(N(CC(=O)N2CC[NH+](C(c3ccccc3)c3ccccc3)CC2)S(C)(=O)=O)c1. The van der Waals surface area contributed by atoms with E-state index in [1.807, 2.05) is 44.2 Å². The summed E-state index contributed by atoms with van der Waals surface area (Å²) >= 11 is 0. The van der Waals surface area contributed by atoms with E-state index in [1.54, 1.807) is 4.90 Å². The third kappa shape index (κ3) is 6.10. The van der Waals surface area contributed by atoms with Crippen molar-refractivity contribution in [2.75, 3.05) is 43.3 Å². The number of hydrogen-bond donors (Lipinski definition) is 1. The molecule has 3 aromatic rings. The molecule has 0 spiro atoms. The summed E-state index contributed by atoms with van der Waals surface area (Å²) in [5.41, 5.74) is 4.98. The van der Waals surface area contributed by atoms with Gasteiger partial charge in [-0.15, -0.1) is 0 Å². The molecular formula is C28H34N3O3S+. The normalized spacial score (nSPS) is 14.8. The maximum absolute atomic E-state index is 13.2. The number of piperazine rings is 1. The fourth-order valence-corrected chi connectivity index (χ4v) is 5.84. The molecule has 1 heterocycles. The summed E-state index contributed by atoms with van der Waals surface area (Å²) in [7, 11) is -3.60. The van der Waals surface area contributed by atoms with Crippen LogP contribution < -0.4 is 9.21 Å². The molecule has 1 aliphatic heterocycles. The second-order valence-corrected chi connectivity index (χ2v) is 11.3. The van der Waals surface area contributed by atoms with Crippen molar-refractivity contribution in [1.82, 2.24) is 4.90 Å². The van der Waals surface area contributed by atoms with Crippen molar-refractivity contribution in [2.45, 2.75) is 19.9 Å². The number of aryl methyl sites for hydroxylation is 2. The minimum atomic E-state index is -3.60. The highest BCUT2D eigenvalue weighted by atomic mass is 32.2. The van der Waals surface area contributed by atoms with E-state index in [2.05, 4.69) is 48.5 Å². The van der Waals surface area contributed by atoms with E-state index >= 15 is 0 Å². The lowest BCUT2D eigenvalue weighted by Crippen LogP contribution is -3.15. The summed E-state index contributed by atoms with van der Waals surface area (Å²) in [5.74, 6) is -0.162. The minimum Gasteiger partial charge on any atom is -0.330 e. The first-order valence-corrected chi connectivity index (χ1v) is 13.9. The lowest BCUT2D eigenvalue weighted by Gasteiger charge is -2.37. The molecule has 35 heavy (non-hydrogen) atoms. The molecule has 0 aliphatic carbocycles. The summed E-state index contributed by atoms with van der Waals surface area (Å²) in [5, 5.41) is 0. The number of hydrogen-bond acceptors (Lipinski definition) is 3. The fraction of sp³-hybridized carbons (Fsp3) is 0.321. The third-order valence-corrected chi connectivity index (χ3v) is 7.75. The Morgan fingerprint density at radius 3 is 1.83 bits per heavy atom.